The van der Waals surface area contributed by atoms with Crippen LogP contribution >= 0.6 is 0 Å². The molecule has 0 aromatic heterocycles. The molecule has 2 heterocycles. The molecule has 0 spiro atoms. The first-order valence-corrected chi connectivity index (χ1v) is 8.48. The fraction of sp³-hybridized carbons (Fsp3) is 0.300. The summed E-state index contributed by atoms with van der Waals surface area (Å²) < 4.78 is 5.49. The predicted molar refractivity (Wildman–Crippen MR) is 96.1 cm³/mol. The highest BCUT2D eigenvalue weighted by molar-refractivity contribution is 6.06. The van der Waals surface area contributed by atoms with Crippen LogP contribution in [0.4, 0.5) is 11.4 Å². The van der Waals surface area contributed by atoms with Crippen LogP contribution < -0.4 is 14.5 Å². The lowest BCUT2D eigenvalue weighted by atomic mass is 10.1. The Morgan fingerprint density at radius 1 is 1.20 bits per heavy atom. The van der Waals surface area contributed by atoms with Crippen molar-refractivity contribution in [3.8, 4) is 5.75 Å². The van der Waals surface area contributed by atoms with Gasteiger partial charge in [0.15, 0.2) is 6.61 Å². The maximum absolute atomic E-state index is 13.0. The number of fused-ring (bicyclic) bond motifs is 2. The number of hydrogen-bond acceptors (Lipinski definition) is 3. The molecule has 0 unspecified atom stereocenters. The largest absolute Gasteiger partial charge is 0.482 e. The van der Waals surface area contributed by atoms with Crippen molar-refractivity contribution in [1.29, 1.82) is 0 Å². The van der Waals surface area contributed by atoms with Crippen molar-refractivity contribution in [2.75, 3.05) is 23.0 Å². The number of amides is 2. The molecule has 0 N–H and O–H groups in total. The summed E-state index contributed by atoms with van der Waals surface area (Å²) in [6.45, 7) is 3.99. The molecule has 25 heavy (non-hydrogen) atoms. The Bertz CT molecular complexity index is 862. The molecule has 5 nitrogen and oxygen atoms in total. The van der Waals surface area contributed by atoms with Gasteiger partial charge in [-0.2, -0.15) is 0 Å². The van der Waals surface area contributed by atoms with E-state index in [1.165, 1.54) is 5.56 Å². The maximum atomic E-state index is 13.0. The number of rotatable bonds is 2. The van der Waals surface area contributed by atoms with E-state index in [0.29, 0.717) is 11.4 Å². The molecule has 2 amide bonds. The number of hydrogen-bond donors (Lipinski definition) is 0. The van der Waals surface area contributed by atoms with E-state index in [4.69, 9.17) is 4.74 Å². The molecule has 0 bridgehead atoms. The molecule has 2 aromatic rings. The van der Waals surface area contributed by atoms with E-state index in [9.17, 15) is 9.59 Å². The second-order valence-electron chi connectivity index (χ2n) is 6.69. The second kappa shape index (κ2) is 5.92. The Kier molecular flexibility index (Phi) is 3.71. The smallest absolute Gasteiger partial charge is 0.265 e. The summed E-state index contributed by atoms with van der Waals surface area (Å²) in [7, 11) is 0. The Morgan fingerprint density at radius 3 is 2.84 bits per heavy atom. The van der Waals surface area contributed by atoms with Crippen molar-refractivity contribution < 1.29 is 14.3 Å². The first-order valence-electron chi connectivity index (χ1n) is 8.48. The summed E-state index contributed by atoms with van der Waals surface area (Å²) in [4.78, 5) is 28.8. The van der Waals surface area contributed by atoms with Crippen molar-refractivity contribution in [2.24, 2.45) is 0 Å². The summed E-state index contributed by atoms with van der Waals surface area (Å²) in [5.41, 5.74) is 3.82. The van der Waals surface area contributed by atoms with E-state index in [1.54, 1.807) is 4.90 Å². The average Bonchev–Trinajstić information content (AvgIpc) is 2.93. The number of benzene rings is 2. The Balaban J connectivity index is 1.64. The van der Waals surface area contributed by atoms with E-state index in [1.807, 2.05) is 55.1 Å². The van der Waals surface area contributed by atoms with Gasteiger partial charge in [0.2, 0.25) is 5.91 Å². The van der Waals surface area contributed by atoms with Crippen molar-refractivity contribution in [1.82, 2.24) is 0 Å². The number of carbonyl (C=O) groups excluding carboxylic acids is 2. The van der Waals surface area contributed by atoms with Crippen LogP contribution in [0.1, 0.15) is 18.1 Å². The van der Waals surface area contributed by atoms with Gasteiger partial charge in [-0.05, 0) is 49.6 Å². The normalized spacial score (nSPS) is 18.6. The molecule has 1 atom stereocenters. The number of aryl methyl sites for hydroxylation is 1. The highest BCUT2D eigenvalue weighted by Gasteiger charge is 2.34. The molecule has 2 aromatic carbocycles. The van der Waals surface area contributed by atoms with Crippen LogP contribution in [-0.2, 0) is 16.0 Å². The number of carbonyl (C=O) groups is 2. The summed E-state index contributed by atoms with van der Waals surface area (Å²) in [5, 5.41) is 0. The zero-order valence-electron chi connectivity index (χ0n) is 14.4. The molecular formula is C20H20N2O3. The Labute approximate surface area is 146 Å². The molecule has 0 saturated heterocycles. The van der Waals surface area contributed by atoms with Gasteiger partial charge >= 0.3 is 0 Å². The molecule has 4 rings (SSSR count). The molecule has 128 valence electrons. The number of anilines is 2. The number of nitrogens with zero attached hydrogens (tertiary/aromatic N) is 2. The van der Waals surface area contributed by atoms with Gasteiger partial charge in [0.25, 0.3) is 5.91 Å². The third-order valence-electron chi connectivity index (χ3n) is 4.83. The minimum Gasteiger partial charge on any atom is -0.482 e. The lowest BCUT2D eigenvalue weighted by Gasteiger charge is -2.31. The van der Waals surface area contributed by atoms with Gasteiger partial charge in [0.1, 0.15) is 12.3 Å². The molecule has 2 aliphatic rings. The standard InChI is InChI=1S/C20H20N2O3/c1-13-7-8-18-17(9-13)21(20(24)12-25-18)11-19(23)22-14(2)10-15-5-3-4-6-16(15)22/h3-9,14H,10-12H2,1-2H3/t14-/m0/s1. The maximum Gasteiger partial charge on any atom is 0.265 e. The highest BCUT2D eigenvalue weighted by atomic mass is 16.5. The summed E-state index contributed by atoms with van der Waals surface area (Å²) in [6, 6.07) is 13.7. The Morgan fingerprint density at radius 2 is 2.00 bits per heavy atom. The van der Waals surface area contributed by atoms with Gasteiger partial charge in [-0.3, -0.25) is 14.5 Å². The molecule has 5 heteroatoms. The molecular weight excluding hydrogens is 316 g/mol. The topological polar surface area (TPSA) is 49.9 Å². The van der Waals surface area contributed by atoms with E-state index in [2.05, 4.69) is 6.07 Å². The van der Waals surface area contributed by atoms with Gasteiger partial charge in [-0.25, -0.2) is 0 Å². The lowest BCUT2D eigenvalue weighted by Crippen LogP contribution is -2.48. The molecule has 0 fully saturated rings. The quantitative estimate of drug-likeness (QED) is 0.847. The van der Waals surface area contributed by atoms with Crippen molar-refractivity contribution in [3.63, 3.8) is 0 Å². The van der Waals surface area contributed by atoms with Gasteiger partial charge in [0, 0.05) is 11.7 Å². The highest BCUT2D eigenvalue weighted by Crippen LogP contribution is 2.35. The van der Waals surface area contributed by atoms with Crippen LogP contribution in [0.15, 0.2) is 42.5 Å². The Hall–Kier alpha value is -2.82. The summed E-state index contributed by atoms with van der Waals surface area (Å²) >= 11 is 0. The number of para-hydroxylation sites is 1. The fourth-order valence-electron chi connectivity index (χ4n) is 3.64. The zero-order valence-corrected chi connectivity index (χ0v) is 14.4. The first kappa shape index (κ1) is 15.7. The zero-order chi connectivity index (χ0) is 17.6. The van der Waals surface area contributed by atoms with Crippen molar-refractivity contribution >= 4 is 23.2 Å². The third kappa shape index (κ3) is 2.65. The van der Waals surface area contributed by atoms with Gasteiger partial charge in [-0.1, -0.05) is 24.3 Å². The summed E-state index contributed by atoms with van der Waals surface area (Å²) in [6.07, 6.45) is 0.842. The van der Waals surface area contributed by atoms with Crippen LogP contribution in [-0.4, -0.2) is 31.0 Å². The third-order valence-corrected chi connectivity index (χ3v) is 4.83. The van der Waals surface area contributed by atoms with E-state index in [0.717, 1.165) is 17.7 Å². The van der Waals surface area contributed by atoms with Gasteiger partial charge < -0.3 is 9.64 Å². The minimum atomic E-state index is -0.188. The van der Waals surface area contributed by atoms with Crippen LogP contribution in [0, 0.1) is 6.92 Å². The number of ether oxygens (including phenoxy) is 1. The van der Waals surface area contributed by atoms with Crippen LogP contribution in [0.25, 0.3) is 0 Å². The molecule has 0 radical (unpaired) electrons. The fourth-order valence-corrected chi connectivity index (χ4v) is 3.64. The monoisotopic (exact) mass is 336 g/mol. The molecule has 0 aliphatic carbocycles. The van der Waals surface area contributed by atoms with Crippen LogP contribution in [0.5, 0.6) is 5.75 Å². The van der Waals surface area contributed by atoms with Crippen molar-refractivity contribution in [3.05, 3.63) is 53.6 Å². The predicted octanol–water partition coefficient (Wildman–Crippen LogP) is 2.70. The molecule has 0 saturated carbocycles. The van der Waals surface area contributed by atoms with E-state index < -0.39 is 0 Å². The van der Waals surface area contributed by atoms with Crippen LogP contribution in [0.2, 0.25) is 0 Å². The van der Waals surface area contributed by atoms with E-state index >= 15 is 0 Å². The van der Waals surface area contributed by atoms with Gasteiger partial charge in [-0.15, -0.1) is 0 Å². The van der Waals surface area contributed by atoms with E-state index in [-0.39, 0.29) is 31.0 Å². The molecule has 2 aliphatic heterocycles. The van der Waals surface area contributed by atoms with Gasteiger partial charge in [0.05, 0.1) is 5.69 Å². The summed E-state index contributed by atoms with van der Waals surface area (Å²) in [5.74, 6) is 0.389. The average molecular weight is 336 g/mol. The SMILES string of the molecule is Cc1ccc2c(c1)N(CC(=O)N1c3ccccc3C[C@@H]1C)C(=O)CO2. The first-order chi connectivity index (χ1) is 12.0. The van der Waals surface area contributed by atoms with Crippen LogP contribution in [0.3, 0.4) is 0 Å². The minimum absolute atomic E-state index is 0.0251. The van der Waals surface area contributed by atoms with Crippen molar-refractivity contribution in [2.45, 2.75) is 26.3 Å². The second-order valence-corrected chi connectivity index (χ2v) is 6.69. The lowest BCUT2D eigenvalue weighted by molar-refractivity contribution is -0.124.